The van der Waals surface area contributed by atoms with Crippen molar-refractivity contribution in [3.8, 4) is 0 Å². The number of fused-ring (bicyclic) bond motifs is 3. The lowest BCUT2D eigenvalue weighted by Gasteiger charge is -2.08. The van der Waals surface area contributed by atoms with Crippen LogP contribution in [0.1, 0.15) is 13.3 Å². The molecule has 0 fully saturated rings. The fourth-order valence-corrected chi connectivity index (χ4v) is 2.40. The second-order valence-electron chi connectivity index (χ2n) is 4.92. The van der Waals surface area contributed by atoms with Gasteiger partial charge in [0.2, 0.25) is 11.9 Å². The van der Waals surface area contributed by atoms with Crippen LogP contribution in [0.4, 0.5) is 5.95 Å². The molecule has 0 unspecified atom stereocenters. The van der Waals surface area contributed by atoms with E-state index in [0.717, 1.165) is 22.8 Å². The number of benzene rings is 1. The third-order valence-corrected chi connectivity index (χ3v) is 3.38. The number of anilines is 1. The summed E-state index contributed by atoms with van der Waals surface area (Å²) in [6, 6.07) is 7.76. The average Bonchev–Trinajstić information content (AvgIpc) is 2.81. The third-order valence-electron chi connectivity index (χ3n) is 3.38. The number of amides is 1. The topological polar surface area (TPSA) is 85.8 Å². The summed E-state index contributed by atoms with van der Waals surface area (Å²) in [7, 11) is 0. The maximum absolute atomic E-state index is 12.0. The zero-order valence-corrected chi connectivity index (χ0v) is 11.8. The van der Waals surface area contributed by atoms with Crippen LogP contribution in [0.3, 0.4) is 0 Å². The molecule has 21 heavy (non-hydrogen) atoms. The van der Waals surface area contributed by atoms with Crippen molar-refractivity contribution in [2.24, 2.45) is 0 Å². The molecule has 0 saturated carbocycles. The molecule has 108 valence electrons. The van der Waals surface area contributed by atoms with Gasteiger partial charge in [-0.15, -0.1) is 0 Å². The molecule has 1 amide bonds. The number of hydrogen-bond donors (Lipinski definition) is 2. The molecule has 3 rings (SSSR count). The molecule has 1 aromatic carbocycles. The molecular formula is C15H17N5O. The first-order chi connectivity index (χ1) is 10.2. The summed E-state index contributed by atoms with van der Waals surface area (Å²) in [5, 5.41) is 3.80. The Morgan fingerprint density at radius 3 is 2.95 bits per heavy atom. The van der Waals surface area contributed by atoms with E-state index >= 15 is 0 Å². The molecule has 3 aromatic rings. The Hall–Kier alpha value is -2.63. The quantitative estimate of drug-likeness (QED) is 0.763. The van der Waals surface area contributed by atoms with Gasteiger partial charge < -0.3 is 15.6 Å². The summed E-state index contributed by atoms with van der Waals surface area (Å²) in [6.45, 7) is 2.84. The molecule has 3 N–H and O–H groups in total. The number of aromatic nitrogens is 3. The Balaban J connectivity index is 2.10. The molecular weight excluding hydrogens is 266 g/mol. The predicted octanol–water partition coefficient (Wildman–Crippen LogP) is 1.69. The van der Waals surface area contributed by atoms with Crippen LogP contribution in [0.2, 0.25) is 0 Å². The number of nitrogens with one attached hydrogen (secondary N) is 1. The van der Waals surface area contributed by atoms with Crippen molar-refractivity contribution >= 4 is 33.8 Å². The van der Waals surface area contributed by atoms with Gasteiger partial charge in [-0.3, -0.25) is 9.78 Å². The summed E-state index contributed by atoms with van der Waals surface area (Å²) in [5.41, 5.74) is 8.38. The number of carbonyl (C=O) groups excluding carboxylic acids is 1. The fourth-order valence-electron chi connectivity index (χ4n) is 2.40. The smallest absolute Gasteiger partial charge is 0.240 e. The third kappa shape index (κ3) is 2.40. The van der Waals surface area contributed by atoms with Crippen LogP contribution in [-0.4, -0.2) is 27.0 Å². The van der Waals surface area contributed by atoms with Gasteiger partial charge >= 0.3 is 0 Å². The number of nitrogen functional groups attached to an aromatic ring is 1. The lowest BCUT2D eigenvalue weighted by Crippen LogP contribution is -2.28. The van der Waals surface area contributed by atoms with Crippen LogP contribution in [0.5, 0.6) is 0 Å². The Morgan fingerprint density at radius 1 is 1.33 bits per heavy atom. The first-order valence-electron chi connectivity index (χ1n) is 6.97. The van der Waals surface area contributed by atoms with Crippen LogP contribution in [0.25, 0.3) is 21.9 Å². The van der Waals surface area contributed by atoms with Gasteiger partial charge in [0.25, 0.3) is 0 Å². The Bertz CT molecular complexity index is 808. The van der Waals surface area contributed by atoms with Crippen molar-refractivity contribution in [3.05, 3.63) is 30.5 Å². The van der Waals surface area contributed by atoms with Crippen LogP contribution in [-0.2, 0) is 11.3 Å². The molecule has 0 bridgehead atoms. The van der Waals surface area contributed by atoms with Crippen molar-refractivity contribution in [3.63, 3.8) is 0 Å². The van der Waals surface area contributed by atoms with Crippen LogP contribution in [0, 0.1) is 0 Å². The van der Waals surface area contributed by atoms with Crippen molar-refractivity contribution in [2.45, 2.75) is 19.9 Å². The second-order valence-corrected chi connectivity index (χ2v) is 4.92. The Labute approximate surface area is 122 Å². The van der Waals surface area contributed by atoms with Crippen LogP contribution in [0.15, 0.2) is 30.5 Å². The monoisotopic (exact) mass is 283 g/mol. The number of para-hydroxylation sites is 1. The number of carbonyl (C=O) groups is 1. The van der Waals surface area contributed by atoms with E-state index in [1.54, 1.807) is 10.8 Å². The van der Waals surface area contributed by atoms with E-state index in [1.165, 1.54) is 0 Å². The van der Waals surface area contributed by atoms with Crippen LogP contribution < -0.4 is 11.1 Å². The summed E-state index contributed by atoms with van der Waals surface area (Å²) in [4.78, 5) is 20.6. The second kappa shape index (κ2) is 5.40. The van der Waals surface area contributed by atoms with Gasteiger partial charge in [-0.2, -0.15) is 0 Å². The number of imidazole rings is 1. The number of nitrogens with two attached hydrogens (primary N) is 1. The molecule has 6 nitrogen and oxygen atoms in total. The molecule has 0 aliphatic carbocycles. The van der Waals surface area contributed by atoms with Crippen molar-refractivity contribution in [1.29, 1.82) is 0 Å². The van der Waals surface area contributed by atoms with E-state index in [1.807, 2.05) is 31.2 Å². The molecule has 0 aliphatic heterocycles. The van der Waals surface area contributed by atoms with E-state index in [9.17, 15) is 4.79 Å². The molecule has 0 spiro atoms. The number of nitrogens with zero attached hydrogens (tertiary/aromatic N) is 3. The van der Waals surface area contributed by atoms with Crippen molar-refractivity contribution in [1.82, 2.24) is 19.9 Å². The number of rotatable bonds is 4. The molecule has 0 aliphatic rings. The van der Waals surface area contributed by atoms with Gasteiger partial charge in [0.15, 0.2) is 0 Å². The molecule has 2 heterocycles. The van der Waals surface area contributed by atoms with E-state index in [-0.39, 0.29) is 12.5 Å². The first kappa shape index (κ1) is 13.4. The normalized spacial score (nSPS) is 11.1. The average molecular weight is 283 g/mol. The lowest BCUT2D eigenvalue weighted by molar-refractivity contribution is -0.121. The minimum Gasteiger partial charge on any atom is -0.369 e. The maximum Gasteiger partial charge on any atom is 0.240 e. The highest BCUT2D eigenvalue weighted by Gasteiger charge is 2.14. The van der Waals surface area contributed by atoms with Gasteiger partial charge in [0.1, 0.15) is 12.1 Å². The molecule has 0 radical (unpaired) electrons. The number of pyridine rings is 1. The summed E-state index contributed by atoms with van der Waals surface area (Å²) in [5.74, 6) is 0.263. The summed E-state index contributed by atoms with van der Waals surface area (Å²) in [6.07, 6.45) is 2.59. The Morgan fingerprint density at radius 2 is 2.14 bits per heavy atom. The van der Waals surface area contributed by atoms with Gasteiger partial charge in [-0.1, -0.05) is 25.1 Å². The zero-order valence-electron chi connectivity index (χ0n) is 11.8. The Kier molecular flexibility index (Phi) is 3.43. The van der Waals surface area contributed by atoms with E-state index in [0.29, 0.717) is 18.0 Å². The largest absolute Gasteiger partial charge is 0.369 e. The highest BCUT2D eigenvalue weighted by molar-refractivity contribution is 6.03. The van der Waals surface area contributed by atoms with Gasteiger partial charge in [-0.05, 0) is 12.5 Å². The fraction of sp³-hybridized carbons (Fsp3) is 0.267. The highest BCUT2D eigenvalue weighted by atomic mass is 16.1. The minimum atomic E-state index is -0.0660. The molecule has 0 atom stereocenters. The van der Waals surface area contributed by atoms with E-state index in [2.05, 4.69) is 15.3 Å². The van der Waals surface area contributed by atoms with Crippen molar-refractivity contribution < 1.29 is 4.79 Å². The lowest BCUT2D eigenvalue weighted by atomic mass is 10.2. The molecule has 6 heteroatoms. The predicted molar refractivity (Wildman–Crippen MR) is 82.7 cm³/mol. The van der Waals surface area contributed by atoms with Gasteiger partial charge in [0.05, 0.1) is 17.2 Å². The van der Waals surface area contributed by atoms with Gasteiger partial charge in [0, 0.05) is 11.9 Å². The number of hydrogen-bond acceptors (Lipinski definition) is 4. The first-order valence-corrected chi connectivity index (χ1v) is 6.97. The SMILES string of the molecule is CCCNC(=O)Cn1c(N)nc2cnc3ccccc3c21. The van der Waals surface area contributed by atoms with E-state index < -0.39 is 0 Å². The van der Waals surface area contributed by atoms with Crippen molar-refractivity contribution in [2.75, 3.05) is 12.3 Å². The summed E-state index contributed by atoms with van der Waals surface area (Å²) < 4.78 is 1.74. The maximum atomic E-state index is 12.0. The zero-order chi connectivity index (χ0) is 14.8. The van der Waals surface area contributed by atoms with E-state index in [4.69, 9.17) is 5.73 Å². The summed E-state index contributed by atoms with van der Waals surface area (Å²) >= 11 is 0. The minimum absolute atomic E-state index is 0.0660. The molecule has 0 saturated heterocycles. The highest BCUT2D eigenvalue weighted by Crippen LogP contribution is 2.25. The van der Waals surface area contributed by atoms with Gasteiger partial charge in [-0.25, -0.2) is 4.98 Å². The molecule has 2 aromatic heterocycles. The standard InChI is InChI=1S/C15H17N5O/c1-2-7-17-13(21)9-20-14-10-5-3-4-6-11(10)18-8-12(14)19-15(20)16/h3-6,8H,2,7,9H2,1H3,(H2,16,19)(H,17,21). The van der Waals surface area contributed by atoms with Crippen LogP contribution >= 0.6 is 0 Å².